The lowest BCUT2D eigenvalue weighted by atomic mass is 9.95. The number of halogens is 1. The molecule has 0 unspecified atom stereocenters. The van der Waals surface area contributed by atoms with Gasteiger partial charge >= 0.3 is 0 Å². The Morgan fingerprint density at radius 3 is 2.59 bits per heavy atom. The summed E-state index contributed by atoms with van der Waals surface area (Å²) in [5, 5.41) is 5.61. The van der Waals surface area contributed by atoms with E-state index in [-0.39, 0.29) is 11.5 Å². The number of fused-ring (bicyclic) bond motifs is 1. The summed E-state index contributed by atoms with van der Waals surface area (Å²) in [4.78, 5) is 17.9. The smallest absolute Gasteiger partial charge is 0.263 e. The summed E-state index contributed by atoms with van der Waals surface area (Å²) in [5.74, 6) is 1.35. The highest BCUT2D eigenvalue weighted by atomic mass is 35.5. The second-order valence-electron chi connectivity index (χ2n) is 8.79. The molecule has 0 radical (unpaired) electrons. The number of benzene rings is 2. The fraction of sp³-hybridized carbons (Fsp3) is 0.231. The first-order valence-electron chi connectivity index (χ1n) is 11.0. The summed E-state index contributed by atoms with van der Waals surface area (Å²) in [6.45, 7) is 1.71. The van der Waals surface area contributed by atoms with E-state index in [4.69, 9.17) is 17.3 Å². The maximum Gasteiger partial charge on any atom is 0.263 e. The molecule has 1 aliphatic heterocycles. The highest BCUT2D eigenvalue weighted by Crippen LogP contribution is 2.41. The van der Waals surface area contributed by atoms with Crippen LogP contribution in [0.3, 0.4) is 0 Å². The van der Waals surface area contributed by atoms with Crippen LogP contribution < -0.4 is 16.6 Å². The largest absolute Gasteiger partial charge is 0.384 e. The van der Waals surface area contributed by atoms with Crippen molar-refractivity contribution in [2.24, 2.45) is 0 Å². The van der Waals surface area contributed by atoms with Crippen molar-refractivity contribution >= 4 is 28.2 Å². The third-order valence-electron chi connectivity index (χ3n) is 6.63. The number of nitrogens with two attached hydrogens (primary N) is 1. The standard InChI is InChI=1S/C26H23ClN4O/c27-25-20(17-8-9-30-24(28)12-17)2-1-3-22(25)31-23(19-13-29-14-19)11-18-10-16(15-4-5-15)6-7-21(18)26(31)32/h1-3,6-12,15,19,29H,4-5,13-14H2,(H2,28,30). The summed E-state index contributed by atoms with van der Waals surface area (Å²) >= 11 is 6.93. The monoisotopic (exact) mass is 442 g/mol. The zero-order chi connectivity index (χ0) is 21.8. The molecule has 2 aromatic heterocycles. The van der Waals surface area contributed by atoms with Gasteiger partial charge in [0.1, 0.15) is 5.82 Å². The molecule has 0 atom stereocenters. The molecule has 6 rings (SSSR count). The van der Waals surface area contributed by atoms with E-state index in [2.05, 4.69) is 28.5 Å². The molecule has 5 nitrogen and oxygen atoms in total. The number of nitrogen functional groups attached to an aromatic ring is 1. The zero-order valence-electron chi connectivity index (χ0n) is 17.5. The third-order valence-corrected chi connectivity index (χ3v) is 7.03. The molecule has 0 amide bonds. The first-order chi connectivity index (χ1) is 15.6. The molecule has 3 N–H and O–H groups in total. The van der Waals surface area contributed by atoms with Crippen LogP contribution in [0.2, 0.25) is 5.02 Å². The Morgan fingerprint density at radius 2 is 1.88 bits per heavy atom. The van der Waals surface area contributed by atoms with E-state index in [0.29, 0.717) is 22.4 Å². The molecule has 1 aliphatic carbocycles. The van der Waals surface area contributed by atoms with Crippen LogP contribution in [0.4, 0.5) is 5.82 Å². The molecule has 0 spiro atoms. The Kier molecular flexibility index (Phi) is 4.56. The Labute approximate surface area is 190 Å². The van der Waals surface area contributed by atoms with E-state index >= 15 is 0 Å². The average Bonchev–Trinajstić information content (AvgIpc) is 3.59. The van der Waals surface area contributed by atoms with E-state index < -0.39 is 0 Å². The Balaban J connectivity index is 1.59. The van der Waals surface area contributed by atoms with Gasteiger partial charge in [0.25, 0.3) is 5.56 Å². The van der Waals surface area contributed by atoms with Crippen molar-refractivity contribution in [2.45, 2.75) is 24.7 Å². The van der Waals surface area contributed by atoms with Crippen molar-refractivity contribution in [1.29, 1.82) is 0 Å². The van der Waals surface area contributed by atoms with Crippen LogP contribution in [0, 0.1) is 0 Å². The average molecular weight is 443 g/mol. The van der Waals surface area contributed by atoms with Gasteiger partial charge in [0, 0.05) is 41.8 Å². The van der Waals surface area contributed by atoms with E-state index in [1.807, 2.05) is 30.3 Å². The van der Waals surface area contributed by atoms with Gasteiger partial charge in [-0.25, -0.2) is 4.98 Å². The maximum absolute atomic E-state index is 13.8. The van der Waals surface area contributed by atoms with Crippen molar-refractivity contribution in [3.63, 3.8) is 0 Å². The van der Waals surface area contributed by atoms with Crippen LogP contribution in [0.25, 0.3) is 27.6 Å². The minimum absolute atomic E-state index is 0.0277. The molecular formula is C26H23ClN4O. The minimum Gasteiger partial charge on any atom is -0.384 e. The van der Waals surface area contributed by atoms with Crippen molar-refractivity contribution in [3.8, 4) is 16.8 Å². The molecule has 160 valence electrons. The second-order valence-corrected chi connectivity index (χ2v) is 9.17. The molecule has 2 aromatic carbocycles. The van der Waals surface area contributed by atoms with E-state index in [1.54, 1.807) is 16.8 Å². The van der Waals surface area contributed by atoms with Gasteiger partial charge in [-0.3, -0.25) is 9.36 Å². The number of aromatic nitrogens is 2. The molecule has 4 aromatic rings. The quantitative estimate of drug-likeness (QED) is 0.473. The number of pyridine rings is 2. The summed E-state index contributed by atoms with van der Waals surface area (Å²) in [6.07, 6.45) is 4.15. The number of nitrogens with one attached hydrogen (secondary N) is 1. The molecule has 1 saturated heterocycles. The Morgan fingerprint density at radius 1 is 1.03 bits per heavy atom. The van der Waals surface area contributed by atoms with Gasteiger partial charge < -0.3 is 11.1 Å². The van der Waals surface area contributed by atoms with Crippen LogP contribution in [-0.2, 0) is 0 Å². The lowest BCUT2D eigenvalue weighted by Gasteiger charge is -2.30. The lowest BCUT2D eigenvalue weighted by molar-refractivity contribution is 0.433. The summed E-state index contributed by atoms with van der Waals surface area (Å²) in [7, 11) is 0. The summed E-state index contributed by atoms with van der Waals surface area (Å²) < 4.78 is 1.81. The predicted octanol–water partition coefficient (Wildman–Crippen LogP) is 4.85. The fourth-order valence-corrected chi connectivity index (χ4v) is 4.93. The lowest BCUT2D eigenvalue weighted by Crippen LogP contribution is -2.42. The van der Waals surface area contributed by atoms with E-state index in [9.17, 15) is 4.79 Å². The summed E-state index contributed by atoms with van der Waals surface area (Å²) in [6, 6.07) is 17.9. The first kappa shape index (κ1) is 19.5. The van der Waals surface area contributed by atoms with Gasteiger partial charge in [0.15, 0.2) is 0 Å². The highest BCUT2D eigenvalue weighted by Gasteiger charge is 2.27. The maximum atomic E-state index is 13.8. The molecule has 2 aliphatic rings. The van der Waals surface area contributed by atoms with E-state index in [1.165, 1.54) is 18.4 Å². The van der Waals surface area contributed by atoms with Crippen LogP contribution in [-0.4, -0.2) is 22.6 Å². The molecule has 32 heavy (non-hydrogen) atoms. The van der Waals surface area contributed by atoms with Crippen molar-refractivity contribution in [1.82, 2.24) is 14.9 Å². The number of rotatable bonds is 4. The topological polar surface area (TPSA) is 72.9 Å². The number of nitrogens with zero attached hydrogens (tertiary/aromatic N) is 2. The van der Waals surface area contributed by atoms with Crippen LogP contribution in [0.5, 0.6) is 0 Å². The first-order valence-corrected chi connectivity index (χ1v) is 11.4. The van der Waals surface area contributed by atoms with Gasteiger partial charge in [-0.2, -0.15) is 0 Å². The Hall–Kier alpha value is -3.15. The normalized spacial score (nSPS) is 16.3. The van der Waals surface area contributed by atoms with Gasteiger partial charge in [-0.05, 0) is 65.6 Å². The SMILES string of the molecule is Nc1cc(-c2cccc(-n3c(C4CNC4)cc4cc(C5CC5)ccc4c3=O)c2Cl)ccn1. The van der Waals surface area contributed by atoms with Crippen molar-refractivity contribution in [2.75, 3.05) is 18.8 Å². The highest BCUT2D eigenvalue weighted by molar-refractivity contribution is 6.35. The van der Waals surface area contributed by atoms with Crippen LogP contribution >= 0.6 is 11.6 Å². The molecular weight excluding hydrogens is 420 g/mol. The predicted molar refractivity (Wildman–Crippen MR) is 130 cm³/mol. The molecule has 3 heterocycles. The van der Waals surface area contributed by atoms with Crippen molar-refractivity contribution < 1.29 is 0 Å². The molecule has 2 fully saturated rings. The van der Waals surface area contributed by atoms with E-state index in [0.717, 1.165) is 40.7 Å². The zero-order valence-corrected chi connectivity index (χ0v) is 18.3. The van der Waals surface area contributed by atoms with Gasteiger partial charge in [-0.1, -0.05) is 35.9 Å². The summed E-state index contributed by atoms with van der Waals surface area (Å²) in [5.41, 5.74) is 10.6. The van der Waals surface area contributed by atoms with Gasteiger partial charge in [0.2, 0.25) is 0 Å². The van der Waals surface area contributed by atoms with Gasteiger partial charge in [0.05, 0.1) is 10.7 Å². The number of hydrogen-bond donors (Lipinski definition) is 2. The number of hydrogen-bond acceptors (Lipinski definition) is 4. The second kappa shape index (κ2) is 7.47. The molecule has 1 saturated carbocycles. The third kappa shape index (κ3) is 3.20. The van der Waals surface area contributed by atoms with Crippen LogP contribution in [0.15, 0.2) is 65.6 Å². The fourth-order valence-electron chi connectivity index (χ4n) is 4.61. The number of anilines is 1. The van der Waals surface area contributed by atoms with Gasteiger partial charge in [-0.15, -0.1) is 0 Å². The minimum atomic E-state index is -0.0277. The Bertz CT molecular complexity index is 1420. The van der Waals surface area contributed by atoms with Crippen molar-refractivity contribution in [3.05, 3.63) is 87.4 Å². The molecule has 6 heteroatoms. The molecule has 0 bridgehead atoms. The van der Waals surface area contributed by atoms with Crippen LogP contribution in [0.1, 0.15) is 35.9 Å².